The minimum absolute atomic E-state index is 0.0769. The number of amides is 1. The van der Waals surface area contributed by atoms with Gasteiger partial charge in [0.1, 0.15) is 5.82 Å². The average molecular weight is 388 g/mol. The molecular weight excluding hydrogens is 352 g/mol. The first kappa shape index (κ1) is 25.1. The number of anilines is 1. The van der Waals surface area contributed by atoms with Crippen LogP contribution in [0.15, 0.2) is 12.1 Å². The lowest BCUT2D eigenvalue weighted by Crippen LogP contribution is -2.43. The fourth-order valence-electron chi connectivity index (χ4n) is 2.59. The molecule has 3 rings (SSSR count). The van der Waals surface area contributed by atoms with Gasteiger partial charge in [-0.05, 0) is 0 Å². The number of hydrogen-bond acceptors (Lipinski definition) is 4. The standard InChI is InChI=1S/C14H17F2N3O2.3C2H6/c15-9-7-10(16)13(21-12-1-2-18-14(12)20)8-11(9)19-5-3-17-4-6-19;3*1-2/h7-8,12,17H,1-6H2,(H,18,20);3*1-2H3. The van der Waals surface area contributed by atoms with Gasteiger partial charge in [-0.15, -0.1) is 0 Å². The first-order valence-corrected chi connectivity index (χ1v) is 10.0. The van der Waals surface area contributed by atoms with Gasteiger partial charge in [0.05, 0.1) is 5.69 Å². The van der Waals surface area contributed by atoms with E-state index in [1.165, 1.54) is 6.07 Å². The molecule has 1 unspecified atom stereocenters. The summed E-state index contributed by atoms with van der Waals surface area (Å²) in [6, 6.07) is 2.17. The Kier molecular flexibility index (Phi) is 13.2. The zero-order valence-corrected chi connectivity index (χ0v) is 17.5. The van der Waals surface area contributed by atoms with Crippen LogP contribution in [0, 0.1) is 11.6 Å². The van der Waals surface area contributed by atoms with Crippen molar-refractivity contribution in [1.82, 2.24) is 10.6 Å². The zero-order valence-electron chi connectivity index (χ0n) is 17.5. The second-order valence-corrected chi connectivity index (χ2v) is 5.16. The van der Waals surface area contributed by atoms with Crippen molar-refractivity contribution in [2.75, 3.05) is 37.6 Å². The van der Waals surface area contributed by atoms with E-state index in [0.717, 1.165) is 19.2 Å². The summed E-state index contributed by atoms with van der Waals surface area (Å²) in [5.74, 6) is -1.74. The molecule has 2 saturated heterocycles. The predicted molar refractivity (Wildman–Crippen MR) is 108 cm³/mol. The third-order valence-electron chi connectivity index (χ3n) is 3.73. The molecule has 2 heterocycles. The normalized spacial score (nSPS) is 18.0. The first-order valence-electron chi connectivity index (χ1n) is 10.0. The van der Waals surface area contributed by atoms with Gasteiger partial charge in [0.2, 0.25) is 0 Å². The third-order valence-corrected chi connectivity index (χ3v) is 3.73. The number of piperazine rings is 1. The molecule has 1 aromatic carbocycles. The Morgan fingerprint density at radius 1 is 0.963 bits per heavy atom. The number of halogens is 2. The van der Waals surface area contributed by atoms with E-state index in [2.05, 4.69) is 10.6 Å². The van der Waals surface area contributed by atoms with Gasteiger partial charge in [0, 0.05) is 51.3 Å². The van der Waals surface area contributed by atoms with Crippen molar-refractivity contribution >= 4 is 11.6 Å². The Morgan fingerprint density at radius 3 is 2.07 bits per heavy atom. The van der Waals surface area contributed by atoms with E-state index < -0.39 is 17.7 Å². The molecule has 5 nitrogen and oxygen atoms in total. The van der Waals surface area contributed by atoms with Crippen LogP contribution in [0.4, 0.5) is 14.5 Å². The molecule has 1 amide bonds. The molecule has 1 atom stereocenters. The monoisotopic (exact) mass is 387 g/mol. The number of carbonyl (C=O) groups excluding carboxylic acids is 1. The average Bonchev–Trinajstić information content (AvgIpc) is 3.14. The first-order chi connectivity index (χ1) is 13.1. The van der Waals surface area contributed by atoms with Crippen molar-refractivity contribution in [3.63, 3.8) is 0 Å². The maximum absolute atomic E-state index is 14.0. The number of benzene rings is 1. The summed E-state index contributed by atoms with van der Waals surface area (Å²) in [4.78, 5) is 13.3. The summed E-state index contributed by atoms with van der Waals surface area (Å²) in [6.07, 6.45) is -0.223. The van der Waals surface area contributed by atoms with Gasteiger partial charge >= 0.3 is 0 Å². The minimum atomic E-state index is -0.786. The highest BCUT2D eigenvalue weighted by atomic mass is 19.1. The molecule has 0 aliphatic carbocycles. The molecule has 156 valence electrons. The number of hydrogen-bond donors (Lipinski definition) is 2. The topological polar surface area (TPSA) is 53.6 Å². The van der Waals surface area contributed by atoms with Gasteiger partial charge in [-0.2, -0.15) is 0 Å². The molecule has 0 radical (unpaired) electrons. The van der Waals surface area contributed by atoms with E-state index in [-0.39, 0.29) is 11.7 Å². The van der Waals surface area contributed by atoms with Crippen molar-refractivity contribution in [2.24, 2.45) is 0 Å². The molecule has 2 N–H and O–H groups in total. The van der Waals surface area contributed by atoms with Crippen LogP contribution in [-0.2, 0) is 4.79 Å². The van der Waals surface area contributed by atoms with Crippen molar-refractivity contribution in [3.8, 4) is 5.75 Å². The fraction of sp³-hybridized carbons (Fsp3) is 0.650. The molecule has 2 fully saturated rings. The minimum Gasteiger partial charge on any atom is -0.477 e. The predicted octanol–water partition coefficient (Wildman–Crippen LogP) is 3.72. The maximum atomic E-state index is 14.0. The van der Waals surface area contributed by atoms with Crippen molar-refractivity contribution in [2.45, 2.75) is 54.1 Å². The second kappa shape index (κ2) is 14.2. The van der Waals surface area contributed by atoms with Crippen LogP contribution in [0.25, 0.3) is 0 Å². The van der Waals surface area contributed by atoms with Crippen molar-refractivity contribution in [3.05, 3.63) is 23.8 Å². The van der Waals surface area contributed by atoms with E-state index in [1.54, 1.807) is 0 Å². The number of nitrogens with one attached hydrogen (secondary N) is 2. The smallest absolute Gasteiger partial charge is 0.261 e. The highest BCUT2D eigenvalue weighted by molar-refractivity contribution is 5.83. The lowest BCUT2D eigenvalue weighted by atomic mass is 10.2. The van der Waals surface area contributed by atoms with Crippen molar-refractivity contribution < 1.29 is 18.3 Å². The second-order valence-electron chi connectivity index (χ2n) is 5.16. The number of rotatable bonds is 3. The Morgan fingerprint density at radius 2 is 1.56 bits per heavy atom. The van der Waals surface area contributed by atoms with E-state index in [0.29, 0.717) is 31.7 Å². The van der Waals surface area contributed by atoms with Gasteiger partial charge < -0.3 is 20.3 Å². The molecule has 2 aliphatic rings. The van der Waals surface area contributed by atoms with E-state index >= 15 is 0 Å². The summed E-state index contributed by atoms with van der Waals surface area (Å²) in [6.45, 7) is 15.3. The SMILES string of the molecule is CC.CC.CC.O=C1NCCC1Oc1cc(N2CCNCC2)c(F)cc1F. The van der Waals surface area contributed by atoms with Crippen molar-refractivity contribution in [1.29, 1.82) is 0 Å². The van der Waals surface area contributed by atoms with Crippen LogP contribution in [-0.4, -0.2) is 44.7 Å². The van der Waals surface area contributed by atoms with Crippen LogP contribution in [0.5, 0.6) is 5.75 Å². The highest BCUT2D eigenvalue weighted by Gasteiger charge is 2.28. The van der Waals surface area contributed by atoms with E-state index in [9.17, 15) is 13.6 Å². The lowest BCUT2D eigenvalue weighted by Gasteiger charge is -2.30. The molecule has 27 heavy (non-hydrogen) atoms. The molecule has 7 heteroatoms. The quantitative estimate of drug-likeness (QED) is 0.830. The van der Waals surface area contributed by atoms with E-state index in [1.807, 2.05) is 46.4 Å². The number of ether oxygens (including phenoxy) is 1. The maximum Gasteiger partial charge on any atom is 0.261 e. The summed E-state index contributed by atoms with van der Waals surface area (Å²) in [5.41, 5.74) is 0.311. The van der Waals surface area contributed by atoms with Gasteiger partial charge in [-0.25, -0.2) is 8.78 Å². The molecule has 1 aromatic rings. The molecule has 2 aliphatic heterocycles. The Balaban J connectivity index is 0.00000103. The number of nitrogens with zero attached hydrogens (tertiary/aromatic N) is 1. The zero-order chi connectivity index (χ0) is 20.8. The van der Waals surface area contributed by atoms with Crippen LogP contribution in [0.3, 0.4) is 0 Å². The summed E-state index contributed by atoms with van der Waals surface area (Å²) >= 11 is 0. The molecule has 0 spiro atoms. The molecule has 0 bridgehead atoms. The third kappa shape index (κ3) is 7.33. The highest BCUT2D eigenvalue weighted by Crippen LogP contribution is 2.29. The fourth-order valence-corrected chi connectivity index (χ4v) is 2.59. The summed E-state index contributed by atoms with van der Waals surface area (Å²) in [7, 11) is 0. The van der Waals surface area contributed by atoms with E-state index in [4.69, 9.17) is 4.74 Å². The van der Waals surface area contributed by atoms with Gasteiger partial charge in [-0.1, -0.05) is 41.5 Å². The molecule has 0 saturated carbocycles. The Bertz CT molecular complexity index is 550. The van der Waals surface area contributed by atoms with Crippen LogP contribution >= 0.6 is 0 Å². The molecular formula is C20H35F2N3O2. The van der Waals surface area contributed by atoms with Gasteiger partial charge in [0.15, 0.2) is 17.7 Å². The van der Waals surface area contributed by atoms with Crippen LogP contribution in [0.2, 0.25) is 0 Å². The molecule has 0 aromatic heterocycles. The van der Waals surface area contributed by atoms with Crippen LogP contribution in [0.1, 0.15) is 48.0 Å². The summed E-state index contributed by atoms with van der Waals surface area (Å²) in [5, 5.41) is 5.79. The Hall–Kier alpha value is -1.89. The summed E-state index contributed by atoms with van der Waals surface area (Å²) < 4.78 is 33.2. The van der Waals surface area contributed by atoms with Gasteiger partial charge in [-0.3, -0.25) is 4.79 Å². The Labute approximate surface area is 162 Å². The van der Waals surface area contributed by atoms with Gasteiger partial charge in [0.25, 0.3) is 5.91 Å². The lowest BCUT2D eigenvalue weighted by molar-refractivity contribution is -0.124. The largest absolute Gasteiger partial charge is 0.477 e. The number of carbonyl (C=O) groups is 1. The van der Waals surface area contributed by atoms with Crippen LogP contribution < -0.4 is 20.3 Å².